The van der Waals surface area contributed by atoms with Crippen LogP contribution in [-0.2, 0) is 16.0 Å². The molecule has 1 unspecified atom stereocenters. The van der Waals surface area contributed by atoms with E-state index in [0.717, 1.165) is 23.8 Å². The zero-order valence-electron chi connectivity index (χ0n) is 12.4. The Morgan fingerprint density at radius 3 is 2.39 bits per heavy atom. The molecule has 120 valence electrons. The molecule has 23 heavy (non-hydrogen) atoms. The van der Waals surface area contributed by atoms with E-state index in [1.165, 1.54) is 7.11 Å². The fourth-order valence-electron chi connectivity index (χ4n) is 2.06. The molecule has 0 saturated heterocycles. The van der Waals surface area contributed by atoms with E-state index in [0.29, 0.717) is 0 Å². The summed E-state index contributed by atoms with van der Waals surface area (Å²) in [5, 5.41) is 2.48. The summed E-state index contributed by atoms with van der Waals surface area (Å²) in [5.41, 5.74) is 0.749. The molecule has 2 aromatic rings. The lowest BCUT2D eigenvalue weighted by atomic mass is 10.1. The zero-order valence-corrected chi connectivity index (χ0v) is 12.4. The smallest absolute Gasteiger partial charge is 0.328 e. The van der Waals surface area contributed by atoms with Gasteiger partial charge in [0.1, 0.15) is 6.04 Å². The van der Waals surface area contributed by atoms with Crippen LogP contribution >= 0.6 is 0 Å². The van der Waals surface area contributed by atoms with Crippen LogP contribution in [0.15, 0.2) is 48.5 Å². The first-order chi connectivity index (χ1) is 11.0. The van der Waals surface area contributed by atoms with Crippen molar-refractivity contribution in [2.75, 3.05) is 7.11 Å². The molecule has 0 aromatic heterocycles. The van der Waals surface area contributed by atoms with E-state index in [1.54, 1.807) is 24.3 Å². The van der Waals surface area contributed by atoms with Gasteiger partial charge in [0.05, 0.1) is 7.11 Å². The molecule has 0 heterocycles. The number of ether oxygens (including phenoxy) is 1. The van der Waals surface area contributed by atoms with Crippen molar-refractivity contribution in [1.29, 1.82) is 0 Å². The van der Waals surface area contributed by atoms with E-state index < -0.39 is 29.6 Å². The first-order valence-corrected chi connectivity index (χ1v) is 6.89. The van der Waals surface area contributed by atoms with E-state index in [1.807, 2.05) is 6.07 Å². The minimum absolute atomic E-state index is 0.0779. The lowest BCUT2D eigenvalue weighted by Crippen LogP contribution is -2.43. The number of carbonyl (C=O) groups is 2. The lowest BCUT2D eigenvalue weighted by molar-refractivity contribution is -0.142. The molecule has 0 radical (unpaired) electrons. The minimum atomic E-state index is -1.13. The molecule has 0 bridgehead atoms. The van der Waals surface area contributed by atoms with Gasteiger partial charge in [0.15, 0.2) is 11.6 Å². The van der Waals surface area contributed by atoms with E-state index in [2.05, 4.69) is 10.1 Å². The summed E-state index contributed by atoms with van der Waals surface area (Å²) in [7, 11) is 1.21. The third-order valence-electron chi connectivity index (χ3n) is 3.26. The maximum Gasteiger partial charge on any atom is 0.328 e. The molecule has 0 aliphatic carbocycles. The molecule has 6 heteroatoms. The quantitative estimate of drug-likeness (QED) is 0.862. The Labute approximate surface area is 132 Å². The van der Waals surface area contributed by atoms with Gasteiger partial charge in [0.25, 0.3) is 5.91 Å². The molecule has 2 aromatic carbocycles. The monoisotopic (exact) mass is 319 g/mol. The van der Waals surface area contributed by atoms with Crippen molar-refractivity contribution in [3.63, 3.8) is 0 Å². The van der Waals surface area contributed by atoms with Crippen molar-refractivity contribution < 1.29 is 23.1 Å². The van der Waals surface area contributed by atoms with Crippen molar-refractivity contribution in [3.8, 4) is 0 Å². The first kappa shape index (κ1) is 16.6. The normalized spacial score (nSPS) is 11.6. The Morgan fingerprint density at radius 2 is 1.78 bits per heavy atom. The van der Waals surface area contributed by atoms with Crippen LogP contribution in [0.25, 0.3) is 0 Å². The topological polar surface area (TPSA) is 55.4 Å². The largest absolute Gasteiger partial charge is 0.467 e. The number of methoxy groups -OCH3 is 1. The Hall–Kier alpha value is -2.76. The Bertz CT molecular complexity index is 704. The Kier molecular flexibility index (Phi) is 5.41. The highest BCUT2D eigenvalue weighted by Crippen LogP contribution is 2.10. The maximum atomic E-state index is 13.2. The van der Waals surface area contributed by atoms with Crippen LogP contribution in [0.4, 0.5) is 8.78 Å². The second-order valence-corrected chi connectivity index (χ2v) is 4.87. The maximum absolute atomic E-state index is 13.2. The molecule has 0 saturated carbocycles. The van der Waals surface area contributed by atoms with E-state index in [9.17, 15) is 18.4 Å². The average molecular weight is 319 g/mol. The van der Waals surface area contributed by atoms with Gasteiger partial charge in [-0.1, -0.05) is 30.3 Å². The zero-order chi connectivity index (χ0) is 16.8. The van der Waals surface area contributed by atoms with Crippen molar-refractivity contribution in [2.45, 2.75) is 12.5 Å². The Morgan fingerprint density at radius 1 is 1.09 bits per heavy atom. The molecular formula is C17H15F2NO3. The predicted octanol–water partition coefficient (Wildman–Crippen LogP) is 2.48. The molecule has 0 aliphatic rings. The number of halogens is 2. The highest BCUT2D eigenvalue weighted by molar-refractivity contribution is 5.96. The second-order valence-electron chi connectivity index (χ2n) is 4.87. The summed E-state index contributed by atoms with van der Waals surface area (Å²) in [6.45, 7) is 0. The van der Waals surface area contributed by atoms with Crippen molar-refractivity contribution in [3.05, 3.63) is 71.3 Å². The molecule has 2 rings (SSSR count). The van der Waals surface area contributed by atoms with Crippen LogP contribution in [0, 0.1) is 11.6 Å². The van der Waals surface area contributed by atoms with Gasteiger partial charge < -0.3 is 10.1 Å². The summed E-state index contributed by atoms with van der Waals surface area (Å²) < 4.78 is 30.8. The third kappa shape index (κ3) is 4.35. The SMILES string of the molecule is COC(=O)C(Cc1ccccc1)NC(=O)c1ccc(F)c(F)c1. The molecule has 0 spiro atoms. The third-order valence-corrected chi connectivity index (χ3v) is 3.26. The summed E-state index contributed by atoms with van der Waals surface area (Å²) in [6, 6.07) is 10.9. The van der Waals surface area contributed by atoms with Crippen LogP contribution in [-0.4, -0.2) is 25.0 Å². The van der Waals surface area contributed by atoms with Crippen LogP contribution in [0.5, 0.6) is 0 Å². The molecule has 0 aliphatic heterocycles. The molecule has 1 N–H and O–H groups in total. The summed E-state index contributed by atoms with van der Waals surface area (Å²) in [5.74, 6) is -3.48. The molecular weight excluding hydrogens is 304 g/mol. The highest BCUT2D eigenvalue weighted by atomic mass is 19.2. The van der Waals surface area contributed by atoms with Crippen LogP contribution in [0.2, 0.25) is 0 Å². The van der Waals surface area contributed by atoms with E-state index in [4.69, 9.17) is 0 Å². The van der Waals surface area contributed by atoms with Crippen LogP contribution in [0.1, 0.15) is 15.9 Å². The van der Waals surface area contributed by atoms with E-state index in [-0.39, 0.29) is 12.0 Å². The van der Waals surface area contributed by atoms with E-state index >= 15 is 0 Å². The van der Waals surface area contributed by atoms with Gasteiger partial charge in [0, 0.05) is 12.0 Å². The van der Waals surface area contributed by atoms with Gasteiger partial charge >= 0.3 is 5.97 Å². The fourth-order valence-corrected chi connectivity index (χ4v) is 2.06. The average Bonchev–Trinajstić information content (AvgIpc) is 2.56. The lowest BCUT2D eigenvalue weighted by Gasteiger charge is -2.16. The number of rotatable bonds is 5. The first-order valence-electron chi connectivity index (χ1n) is 6.89. The predicted molar refractivity (Wildman–Crippen MR) is 79.8 cm³/mol. The van der Waals surface area contributed by atoms with Gasteiger partial charge in [0.2, 0.25) is 0 Å². The standard InChI is InChI=1S/C17H15F2NO3/c1-23-17(22)15(9-11-5-3-2-4-6-11)20-16(21)12-7-8-13(18)14(19)10-12/h2-8,10,15H,9H2,1H3,(H,20,21). The van der Waals surface area contributed by atoms with Crippen molar-refractivity contribution in [2.24, 2.45) is 0 Å². The highest BCUT2D eigenvalue weighted by Gasteiger charge is 2.23. The van der Waals surface area contributed by atoms with Gasteiger partial charge in [-0.15, -0.1) is 0 Å². The number of nitrogens with one attached hydrogen (secondary N) is 1. The number of benzene rings is 2. The van der Waals surface area contributed by atoms with Crippen molar-refractivity contribution in [1.82, 2.24) is 5.32 Å². The number of esters is 1. The van der Waals surface area contributed by atoms with Gasteiger partial charge in [-0.2, -0.15) is 0 Å². The number of carbonyl (C=O) groups excluding carboxylic acids is 2. The summed E-state index contributed by atoms with van der Waals surface area (Å²) in [6.07, 6.45) is 0.225. The molecule has 4 nitrogen and oxygen atoms in total. The van der Waals surface area contributed by atoms with Gasteiger partial charge in [-0.3, -0.25) is 4.79 Å². The number of hydrogen-bond donors (Lipinski definition) is 1. The van der Waals surface area contributed by atoms with Crippen molar-refractivity contribution >= 4 is 11.9 Å². The number of amides is 1. The van der Waals surface area contributed by atoms with Gasteiger partial charge in [-0.25, -0.2) is 13.6 Å². The molecule has 0 fully saturated rings. The molecule has 1 amide bonds. The summed E-state index contributed by atoms with van der Waals surface area (Å²) >= 11 is 0. The van der Waals surface area contributed by atoms with Crippen LogP contribution < -0.4 is 5.32 Å². The molecule has 1 atom stereocenters. The Balaban J connectivity index is 2.15. The fraction of sp³-hybridized carbons (Fsp3) is 0.176. The summed E-state index contributed by atoms with van der Waals surface area (Å²) in [4.78, 5) is 24.0. The van der Waals surface area contributed by atoms with Gasteiger partial charge in [-0.05, 0) is 23.8 Å². The minimum Gasteiger partial charge on any atom is -0.467 e. The number of hydrogen-bond acceptors (Lipinski definition) is 3. The second kappa shape index (κ2) is 7.49. The van der Waals surface area contributed by atoms with Crippen LogP contribution in [0.3, 0.4) is 0 Å².